The average molecular weight is 1690 g/mol. The summed E-state index contributed by atoms with van der Waals surface area (Å²) in [5, 5.41) is 74.1. The summed E-state index contributed by atoms with van der Waals surface area (Å²) in [4.78, 5) is 247. The number of unbranched alkanes of at least 4 members (excludes halogenated alkanes) is 2. The van der Waals surface area contributed by atoms with Gasteiger partial charge in [-0.05, 0) is 132 Å². The molecule has 0 saturated carbocycles. The zero-order valence-electron chi connectivity index (χ0n) is 67.7. The molecule has 0 bridgehead atoms. The molecular weight excluding hydrogens is 1570 g/mol. The molecule has 1 aliphatic rings. The van der Waals surface area contributed by atoms with Crippen molar-refractivity contribution in [3.8, 4) is 0 Å². The standard InChI is InChI=1S/C75H120ClN21O21/c1-8-41(6)61(97-67(110)47(20-12-14-28-78)88-71(114)55(34-44-36-81-38-84-44)93-62(105)46(19-11-13-27-77)86-65(108)50(85-42(7)99)24-26-59(101)102)73(116)95-53(32-40(4)5)69(112)90-51-23-25-58(100)82-29-15-21-49(64(107)94-56(35-60(103)104)72(115)96-57(37-98)74(117)118)89-68(111)52(31-39(2)3)91-70(113)54(33-43-17-9-10-18-45(43)76)92-63(106)48(87-66(51)109)22-16-30-83-75(79)80/h9-10,17-18,36,38-41,46-57,61,98H,8,11-16,19-35,37,77-78H2,1-7H3,(H,81,84)(H,82,100)(H,85,99)(H,86,108)(H,87,109)(H,88,114)(H,89,111)(H,90,112)(H,91,113)(H,92,106)(H,93,105)(H,94,107)(H,95,116)(H,96,115)(H,97,110)(H,101,102)(H,103,104)(H,117,118)(H4,79,80,83)/t41?,46-,47-,48-,49-,50-,51-,52-,53-,54-,55-,56-,57-,61-/m0/s1. The fourth-order valence-electron chi connectivity index (χ4n) is 12.3. The molecule has 0 aliphatic carbocycles. The van der Waals surface area contributed by atoms with Crippen molar-refractivity contribution in [3.63, 3.8) is 0 Å². The highest BCUT2D eigenvalue weighted by Crippen LogP contribution is 2.20. The molecule has 1 aromatic carbocycles. The molecule has 658 valence electrons. The molecule has 2 aromatic rings. The maximum Gasteiger partial charge on any atom is 0.328 e. The summed E-state index contributed by atoms with van der Waals surface area (Å²) >= 11 is 6.64. The monoisotopic (exact) mass is 1690 g/mol. The number of guanidine groups is 1. The van der Waals surface area contributed by atoms with Gasteiger partial charge < -0.3 is 123 Å². The highest BCUT2D eigenvalue weighted by atomic mass is 35.5. The van der Waals surface area contributed by atoms with Gasteiger partial charge >= 0.3 is 17.9 Å². The first-order valence-corrected chi connectivity index (χ1v) is 39.8. The third kappa shape index (κ3) is 37.9. The number of aliphatic imine (C=N–C) groups is 1. The minimum atomic E-state index is -2.00. The molecule has 3 rings (SSSR count). The maximum absolute atomic E-state index is 15.1. The van der Waals surface area contributed by atoms with Gasteiger partial charge in [-0.15, -0.1) is 0 Å². The molecule has 1 fully saturated rings. The topological polar surface area (TPSA) is 685 Å². The van der Waals surface area contributed by atoms with Crippen LogP contribution in [-0.4, -0.2) is 248 Å². The average Bonchev–Trinajstić information content (AvgIpc) is 1.14. The van der Waals surface area contributed by atoms with Crippen molar-refractivity contribution in [1.82, 2.24) is 84.4 Å². The van der Waals surface area contributed by atoms with Gasteiger partial charge in [0.25, 0.3) is 0 Å². The molecule has 1 aliphatic heterocycles. The fourth-order valence-corrected chi connectivity index (χ4v) is 12.6. The van der Waals surface area contributed by atoms with E-state index in [0.29, 0.717) is 30.5 Å². The molecule has 2 heterocycles. The van der Waals surface area contributed by atoms with Gasteiger partial charge in [0.1, 0.15) is 78.5 Å². The van der Waals surface area contributed by atoms with Gasteiger partial charge in [0.05, 0.1) is 19.4 Å². The Balaban J connectivity index is 2.18. The van der Waals surface area contributed by atoms with E-state index in [-0.39, 0.29) is 127 Å². The zero-order valence-corrected chi connectivity index (χ0v) is 68.4. The number of carboxylic acid groups (broad SMARTS) is 3. The number of aromatic amines is 1. The van der Waals surface area contributed by atoms with Gasteiger partial charge in [-0.3, -0.25) is 81.7 Å². The molecule has 118 heavy (non-hydrogen) atoms. The van der Waals surface area contributed by atoms with Gasteiger partial charge in [0.2, 0.25) is 82.7 Å². The number of benzene rings is 1. The Morgan fingerprint density at radius 1 is 0.610 bits per heavy atom. The van der Waals surface area contributed by atoms with Crippen LogP contribution in [0.5, 0.6) is 0 Å². The largest absolute Gasteiger partial charge is 0.481 e. The number of nitrogens with zero attached hydrogens (tertiary/aromatic N) is 2. The van der Waals surface area contributed by atoms with E-state index in [4.69, 9.17) is 34.5 Å². The summed E-state index contributed by atoms with van der Waals surface area (Å²) < 4.78 is 0. The predicted molar refractivity (Wildman–Crippen MR) is 428 cm³/mol. The highest BCUT2D eigenvalue weighted by Gasteiger charge is 2.40. The van der Waals surface area contributed by atoms with Crippen LogP contribution >= 0.6 is 11.6 Å². The number of nitrogens with two attached hydrogens (primary N) is 4. The predicted octanol–water partition coefficient (Wildman–Crippen LogP) is -4.27. The lowest BCUT2D eigenvalue weighted by Crippen LogP contribution is -2.62. The first-order chi connectivity index (χ1) is 55.8. The van der Waals surface area contributed by atoms with Crippen LogP contribution in [0.4, 0.5) is 0 Å². The number of rotatable bonds is 46. The molecule has 14 atom stereocenters. The minimum Gasteiger partial charge on any atom is -0.481 e. The van der Waals surface area contributed by atoms with Crippen molar-refractivity contribution >= 4 is 118 Å². The van der Waals surface area contributed by atoms with Crippen molar-refractivity contribution < 1.29 is 102 Å². The van der Waals surface area contributed by atoms with Gasteiger partial charge in [0.15, 0.2) is 5.96 Å². The Hall–Kier alpha value is -11.1. The third-order valence-corrected chi connectivity index (χ3v) is 19.3. The minimum absolute atomic E-state index is 0.0126. The van der Waals surface area contributed by atoms with Crippen molar-refractivity contribution in [2.75, 3.05) is 32.8 Å². The number of carboxylic acids is 3. The summed E-state index contributed by atoms with van der Waals surface area (Å²) in [7, 11) is 0. The zero-order chi connectivity index (χ0) is 88.3. The van der Waals surface area contributed by atoms with Crippen LogP contribution in [0.25, 0.3) is 0 Å². The number of amides is 14. The second-order valence-electron chi connectivity index (χ2n) is 29.7. The number of aliphatic hydroxyl groups is 1. The molecule has 42 nitrogen and oxygen atoms in total. The summed E-state index contributed by atoms with van der Waals surface area (Å²) in [5.74, 6) is -19.9. The number of hydrogen-bond donors (Lipinski definition) is 23. The van der Waals surface area contributed by atoms with Crippen LogP contribution in [-0.2, 0) is 94.3 Å². The van der Waals surface area contributed by atoms with Crippen LogP contribution in [0.2, 0.25) is 5.02 Å². The van der Waals surface area contributed by atoms with Gasteiger partial charge in [-0.2, -0.15) is 0 Å². The molecule has 0 radical (unpaired) electrons. The van der Waals surface area contributed by atoms with E-state index < -0.39 is 223 Å². The van der Waals surface area contributed by atoms with E-state index in [1.165, 1.54) is 18.6 Å². The number of carbonyl (C=O) groups is 17. The number of halogens is 1. The summed E-state index contributed by atoms with van der Waals surface area (Å²) in [5.41, 5.74) is 23.6. The lowest BCUT2D eigenvalue weighted by Gasteiger charge is -2.30. The number of hydrogen-bond acceptors (Lipinski definition) is 22. The molecule has 27 N–H and O–H groups in total. The number of H-pyrrole nitrogens is 1. The van der Waals surface area contributed by atoms with E-state index >= 15 is 9.59 Å². The van der Waals surface area contributed by atoms with E-state index in [0.717, 1.165) is 6.92 Å². The quantitative estimate of drug-likeness (QED) is 0.0169. The Kier molecular flexibility index (Phi) is 45.6. The Morgan fingerprint density at radius 2 is 1.17 bits per heavy atom. The Bertz CT molecular complexity index is 3740. The van der Waals surface area contributed by atoms with Crippen molar-refractivity contribution in [2.45, 2.75) is 255 Å². The summed E-state index contributed by atoms with van der Waals surface area (Å²) in [6, 6.07) is -14.6. The maximum atomic E-state index is 15.1. The molecule has 0 spiro atoms. The lowest BCUT2D eigenvalue weighted by molar-refractivity contribution is -0.144. The molecule has 14 amide bonds. The molecule has 1 saturated heterocycles. The second-order valence-corrected chi connectivity index (χ2v) is 30.1. The Labute approximate surface area is 688 Å². The van der Waals surface area contributed by atoms with E-state index in [9.17, 15) is 92.3 Å². The molecule has 1 aromatic heterocycles. The van der Waals surface area contributed by atoms with Gasteiger partial charge in [-0.25, -0.2) is 9.78 Å². The SMILES string of the molecule is CCC(C)[C@H](NC(=O)[C@H](CCCCN)NC(=O)[C@H](Cc1cnc[nH]1)NC(=O)[C@H](CCCCN)NC(=O)[C@H](CCC(=O)O)NC(C)=O)C(=O)N[C@@H](CC(C)C)C(=O)N[C@H]1CCC(=O)NCCC[C@@H](C(=O)N[C@@H](CC(=O)O)C(=O)N[C@@H](CO)C(=O)O)NC(=O)[C@H](CC(C)C)NC(=O)[C@H](Cc2ccccc2Cl)NC(=O)[C@H](CCCN=C(N)N)NC1=O. The number of aromatic nitrogens is 2. The highest BCUT2D eigenvalue weighted by molar-refractivity contribution is 6.31. The van der Waals surface area contributed by atoms with Crippen molar-refractivity contribution in [3.05, 3.63) is 53.1 Å². The van der Waals surface area contributed by atoms with Gasteiger partial charge in [0, 0.05) is 62.6 Å². The number of nitrogens with one attached hydrogen (secondary N) is 15. The Morgan fingerprint density at radius 3 is 1.72 bits per heavy atom. The first-order valence-electron chi connectivity index (χ1n) is 39.4. The molecular formula is C75H120ClN21O21. The third-order valence-electron chi connectivity index (χ3n) is 18.9. The first kappa shape index (κ1) is 101. The summed E-state index contributed by atoms with van der Waals surface area (Å²) in [6.07, 6.45) is -0.624. The van der Waals surface area contributed by atoms with Gasteiger partial charge in [-0.1, -0.05) is 77.8 Å². The van der Waals surface area contributed by atoms with E-state index in [2.05, 4.69) is 84.1 Å². The normalized spacial score (nSPS) is 18.7. The van der Waals surface area contributed by atoms with E-state index in [1.807, 2.05) is 5.32 Å². The molecule has 43 heteroatoms. The molecule has 1 unspecified atom stereocenters. The van der Waals surface area contributed by atoms with Crippen LogP contribution in [0, 0.1) is 17.8 Å². The number of aliphatic carboxylic acids is 3. The second kappa shape index (κ2) is 53.2. The van der Waals surface area contributed by atoms with Crippen LogP contribution in [0.3, 0.4) is 0 Å². The smallest absolute Gasteiger partial charge is 0.328 e. The fraction of sp³-hybridized carbons (Fsp3) is 0.640. The summed E-state index contributed by atoms with van der Waals surface area (Å²) in [6.45, 7) is 10.2. The lowest BCUT2D eigenvalue weighted by atomic mass is 9.95. The van der Waals surface area contributed by atoms with Crippen LogP contribution in [0.15, 0.2) is 41.8 Å². The number of aliphatic hydroxyl groups excluding tert-OH is 1. The van der Waals surface area contributed by atoms with Crippen molar-refractivity contribution in [2.24, 2.45) is 45.7 Å². The van der Waals surface area contributed by atoms with Crippen molar-refractivity contribution in [1.29, 1.82) is 0 Å². The van der Waals surface area contributed by atoms with Crippen LogP contribution < -0.4 is 97.4 Å². The van der Waals surface area contributed by atoms with Crippen LogP contribution in [0.1, 0.15) is 175 Å². The number of imidazole rings is 1. The number of carbonyl (C=O) groups excluding carboxylic acids is 14. The van der Waals surface area contributed by atoms with E-state index in [1.54, 1.807) is 59.7 Å².